The van der Waals surface area contributed by atoms with Crippen molar-refractivity contribution in [3.8, 4) is 5.97 Å². The molecule has 0 aliphatic rings. The molecule has 0 bridgehead atoms. The normalized spacial score (nSPS) is 5.50. The zero-order valence-corrected chi connectivity index (χ0v) is 3.97. The Bertz CT molecular complexity index is 110. The minimum atomic E-state index is -0.415. The third kappa shape index (κ3) is 9.39. The first-order valence-electron chi connectivity index (χ1n) is 1.77. The van der Waals surface area contributed by atoms with Crippen LogP contribution in [-0.2, 0) is 9.45 Å². The zero-order valence-electron chi connectivity index (χ0n) is 3.97. The van der Waals surface area contributed by atoms with Gasteiger partial charge in [-0.1, -0.05) is 0 Å². The summed E-state index contributed by atoms with van der Waals surface area (Å²) in [6.07, 6.45) is 0. The summed E-state index contributed by atoms with van der Waals surface area (Å²) in [6, 6.07) is 0. The van der Waals surface area contributed by atoms with Gasteiger partial charge < -0.3 is 4.65 Å². The molecule has 0 saturated heterocycles. The predicted octanol–water partition coefficient (Wildman–Crippen LogP) is -1.27. The van der Waals surface area contributed by atoms with Gasteiger partial charge in [-0.25, -0.2) is 5.26 Å². The molecule has 0 aliphatic carbocycles. The van der Waals surface area contributed by atoms with Gasteiger partial charge in [0.2, 0.25) is 0 Å². The summed E-state index contributed by atoms with van der Waals surface area (Å²) < 4.78 is 4.19. The summed E-state index contributed by atoms with van der Waals surface area (Å²) in [7, 11) is -0.144. The van der Waals surface area contributed by atoms with Crippen LogP contribution in [0.4, 0.5) is 0 Å². The monoisotopic (exact) mass is 121 g/mol. The second-order valence-electron chi connectivity index (χ2n) is 0.938. The summed E-state index contributed by atoms with van der Waals surface area (Å²) in [4.78, 5) is 9.83. The molecule has 0 aliphatic heterocycles. The van der Waals surface area contributed by atoms with Gasteiger partial charge in [0.05, 0.1) is 5.97 Å². The minimum absolute atomic E-state index is 0. The van der Waals surface area contributed by atoms with E-state index in [-0.39, 0.29) is 37.0 Å². The maximum atomic E-state index is 9.83. The van der Waals surface area contributed by atoms with Gasteiger partial charge in [0.15, 0.2) is 0 Å². The van der Waals surface area contributed by atoms with Gasteiger partial charge in [0, 0.05) is 6.92 Å². The molecule has 0 aromatic carbocycles. The van der Waals surface area contributed by atoms with E-state index in [1.54, 1.807) is 5.97 Å². The molecule has 0 atom stereocenters. The predicted molar refractivity (Wildman–Crippen MR) is 31.7 cm³/mol. The maximum absolute atomic E-state index is 9.83. The van der Waals surface area contributed by atoms with Crippen molar-refractivity contribution >= 4 is 43.0 Å². The fraction of sp³-hybridized carbons (Fsp3) is 0.333. The van der Waals surface area contributed by atoms with Crippen LogP contribution < -0.4 is 0 Å². The van der Waals surface area contributed by atoms with Crippen molar-refractivity contribution in [2.24, 2.45) is 0 Å². The molecule has 0 aromatic rings. The van der Waals surface area contributed by atoms with Crippen LogP contribution in [-0.4, -0.2) is 43.0 Å². The Hall–Kier alpha value is 0.0249. The topological polar surface area (TPSA) is 50.1 Å². The van der Waals surface area contributed by atoms with E-state index in [1.807, 2.05) is 0 Å². The first-order chi connectivity index (χ1) is 3.27. The Morgan fingerprint density at radius 1 is 1.88 bits per heavy atom. The number of nitrogens with zero attached hydrogens (tertiary/aromatic N) is 1. The Labute approximate surface area is 70.6 Å². The van der Waals surface area contributed by atoms with Crippen molar-refractivity contribution in [1.29, 1.82) is 5.26 Å². The Morgan fingerprint density at radius 2 is 2.38 bits per heavy atom. The van der Waals surface area contributed by atoms with Crippen LogP contribution >= 0.6 is 0 Å². The quantitative estimate of drug-likeness (QED) is 0.406. The molecule has 0 fully saturated rings. The number of carbonyl (C=O) groups is 1. The third-order valence-electron chi connectivity index (χ3n) is 0.340. The van der Waals surface area contributed by atoms with Gasteiger partial charge >= 0.3 is 37.0 Å². The first kappa shape index (κ1) is 10.9. The Balaban J connectivity index is 0. The van der Waals surface area contributed by atoms with Crippen LogP contribution in [0.15, 0.2) is 0 Å². The summed E-state index contributed by atoms with van der Waals surface area (Å²) in [5.74, 6) is 1.24. The molecule has 0 aromatic heterocycles. The van der Waals surface area contributed by atoms with Crippen molar-refractivity contribution in [3.63, 3.8) is 0 Å². The number of rotatable bonds is 1. The Morgan fingerprint density at radius 3 is 2.50 bits per heavy atom. The van der Waals surface area contributed by atoms with Crippen LogP contribution in [0.25, 0.3) is 0 Å². The average molecular weight is 121 g/mol. The molecule has 0 rings (SSSR count). The molecule has 0 heterocycles. The zero-order chi connectivity index (χ0) is 5.70. The van der Waals surface area contributed by atoms with E-state index in [2.05, 4.69) is 4.65 Å². The van der Waals surface area contributed by atoms with Crippen molar-refractivity contribution < 1.29 is 9.45 Å². The fourth-order valence-electron chi connectivity index (χ4n) is 0.134. The van der Waals surface area contributed by atoms with Crippen LogP contribution in [0.2, 0.25) is 0 Å². The van der Waals surface area contributed by atoms with Crippen LogP contribution in [0.1, 0.15) is 6.92 Å². The molecular weight excluding hydrogens is 116 g/mol. The average Bonchev–Trinajstić information content (AvgIpc) is 1.61. The van der Waals surface area contributed by atoms with Crippen LogP contribution in [0, 0.1) is 11.2 Å². The second kappa shape index (κ2) is 7.02. The molecule has 0 radical (unpaired) electrons. The molecule has 0 amide bonds. The molecule has 5 heteroatoms. The van der Waals surface area contributed by atoms with Gasteiger partial charge in [-0.15, -0.1) is 0 Å². The standard InChI is InChI=1S/C3H4BNO2.Na.H/c1-3(6)7-4-2-5;;/h4H,1H3;;. The number of hydrogen-bond donors (Lipinski definition) is 0. The molecular formula is C3H5BNNaO2. The first-order valence-corrected chi connectivity index (χ1v) is 1.77. The van der Waals surface area contributed by atoms with E-state index in [0.717, 1.165) is 0 Å². The SMILES string of the molecule is CC(=O)OBC#N.[NaH]. The van der Waals surface area contributed by atoms with Crippen molar-refractivity contribution in [1.82, 2.24) is 0 Å². The van der Waals surface area contributed by atoms with E-state index in [1.165, 1.54) is 6.92 Å². The molecule has 3 nitrogen and oxygen atoms in total. The van der Waals surface area contributed by atoms with E-state index in [9.17, 15) is 4.79 Å². The summed E-state index contributed by atoms with van der Waals surface area (Å²) >= 11 is 0. The van der Waals surface area contributed by atoms with Gasteiger partial charge in [-0.05, 0) is 0 Å². The number of hydrogen-bond acceptors (Lipinski definition) is 3. The second-order valence-corrected chi connectivity index (χ2v) is 0.938. The number of carbonyl (C=O) groups excluding carboxylic acids is 1. The van der Waals surface area contributed by atoms with E-state index >= 15 is 0 Å². The van der Waals surface area contributed by atoms with Gasteiger partial charge in [-0.3, -0.25) is 4.79 Å². The third-order valence-corrected chi connectivity index (χ3v) is 0.340. The fourth-order valence-corrected chi connectivity index (χ4v) is 0.134. The van der Waals surface area contributed by atoms with Crippen molar-refractivity contribution in [2.75, 3.05) is 0 Å². The summed E-state index contributed by atoms with van der Waals surface area (Å²) in [5, 5.41) is 7.79. The van der Waals surface area contributed by atoms with Crippen LogP contribution in [0.5, 0.6) is 0 Å². The van der Waals surface area contributed by atoms with Crippen molar-refractivity contribution in [3.05, 3.63) is 0 Å². The van der Waals surface area contributed by atoms with E-state index < -0.39 is 5.97 Å². The molecule has 0 unspecified atom stereocenters. The van der Waals surface area contributed by atoms with Gasteiger partial charge in [0.1, 0.15) is 0 Å². The van der Waals surface area contributed by atoms with Gasteiger partial charge in [-0.2, -0.15) is 0 Å². The van der Waals surface area contributed by atoms with Crippen molar-refractivity contribution in [2.45, 2.75) is 6.92 Å². The van der Waals surface area contributed by atoms with E-state index in [4.69, 9.17) is 5.26 Å². The molecule has 38 valence electrons. The summed E-state index contributed by atoms with van der Waals surface area (Å²) in [6.45, 7) is 1.26. The Kier molecular flexibility index (Phi) is 9.58. The van der Waals surface area contributed by atoms with E-state index in [0.29, 0.717) is 0 Å². The van der Waals surface area contributed by atoms with Gasteiger partial charge in [0.25, 0.3) is 5.97 Å². The molecule has 0 N–H and O–H groups in total. The summed E-state index contributed by atoms with van der Waals surface area (Å²) in [5.41, 5.74) is 0. The molecule has 0 spiro atoms. The number of nitriles is 1. The molecule has 8 heavy (non-hydrogen) atoms. The van der Waals surface area contributed by atoms with Crippen LogP contribution in [0.3, 0.4) is 0 Å². The molecule has 0 saturated carbocycles.